The van der Waals surface area contributed by atoms with E-state index < -0.39 is 0 Å². The van der Waals surface area contributed by atoms with Gasteiger partial charge in [0.25, 0.3) is 0 Å². The number of aliphatic hydroxyl groups excluding tert-OH is 1. The van der Waals surface area contributed by atoms with Crippen molar-refractivity contribution in [2.75, 3.05) is 13.2 Å². The molecule has 0 aromatic heterocycles. The van der Waals surface area contributed by atoms with E-state index in [4.69, 9.17) is 5.11 Å². The van der Waals surface area contributed by atoms with Gasteiger partial charge in [-0.15, -0.1) is 11.8 Å². The van der Waals surface area contributed by atoms with Gasteiger partial charge in [-0.1, -0.05) is 0 Å². The van der Waals surface area contributed by atoms with E-state index >= 15 is 0 Å². The number of fused-ring (bicyclic) bond motifs is 1. The molecule has 1 amide bonds. The van der Waals surface area contributed by atoms with Crippen molar-refractivity contribution in [1.82, 2.24) is 4.90 Å². The molecule has 1 fully saturated rings. The zero-order valence-corrected chi connectivity index (χ0v) is 6.80. The Balaban J connectivity index is 2.07. The second-order valence-electron chi connectivity index (χ2n) is 2.75. The molecule has 60 valence electrons. The van der Waals surface area contributed by atoms with Crippen LogP contribution in [0.1, 0.15) is 6.42 Å². The highest BCUT2D eigenvalue weighted by atomic mass is 32.2. The van der Waals surface area contributed by atoms with E-state index in [2.05, 4.69) is 0 Å². The number of hydrogen-bond acceptors (Lipinski definition) is 3. The quantitative estimate of drug-likeness (QED) is 0.572. The molecule has 2 heterocycles. The number of thioether (sulfide) groups is 1. The number of nitrogens with zero attached hydrogens (tertiary/aromatic N) is 1. The van der Waals surface area contributed by atoms with Gasteiger partial charge >= 0.3 is 0 Å². The van der Waals surface area contributed by atoms with Gasteiger partial charge in [-0.2, -0.15) is 0 Å². The number of carbonyl (C=O) groups is 1. The predicted molar refractivity (Wildman–Crippen MR) is 42.9 cm³/mol. The van der Waals surface area contributed by atoms with Crippen LogP contribution in [0.15, 0.2) is 11.0 Å². The van der Waals surface area contributed by atoms with Crippen LogP contribution in [0.25, 0.3) is 0 Å². The van der Waals surface area contributed by atoms with Crippen LogP contribution in [-0.4, -0.2) is 34.4 Å². The Labute approximate surface area is 69.1 Å². The first-order valence-electron chi connectivity index (χ1n) is 3.55. The van der Waals surface area contributed by atoms with Gasteiger partial charge in [-0.25, -0.2) is 0 Å². The van der Waals surface area contributed by atoms with Crippen LogP contribution in [0.3, 0.4) is 0 Å². The molecule has 0 radical (unpaired) electrons. The zero-order valence-electron chi connectivity index (χ0n) is 5.99. The average molecular weight is 171 g/mol. The van der Waals surface area contributed by atoms with Gasteiger partial charge in [0, 0.05) is 6.54 Å². The van der Waals surface area contributed by atoms with Crippen LogP contribution in [0, 0.1) is 0 Å². The molecule has 2 aliphatic rings. The van der Waals surface area contributed by atoms with Crippen LogP contribution in [-0.2, 0) is 4.79 Å². The lowest BCUT2D eigenvalue weighted by atomic mass is 10.1. The summed E-state index contributed by atoms with van der Waals surface area (Å²) in [6, 6.07) is 0. The molecule has 0 bridgehead atoms. The van der Waals surface area contributed by atoms with Gasteiger partial charge in [0.1, 0.15) is 0 Å². The number of carbonyl (C=O) groups excluding carboxylic acids is 1. The molecule has 1 atom stereocenters. The van der Waals surface area contributed by atoms with Crippen molar-refractivity contribution < 1.29 is 9.90 Å². The maximum absolute atomic E-state index is 10.9. The molecule has 0 aromatic carbocycles. The van der Waals surface area contributed by atoms with E-state index in [-0.39, 0.29) is 12.5 Å². The molecule has 2 rings (SSSR count). The summed E-state index contributed by atoms with van der Waals surface area (Å²) in [5.41, 5.74) is 0.944. The van der Waals surface area contributed by atoms with Gasteiger partial charge in [-0.3, -0.25) is 4.79 Å². The van der Waals surface area contributed by atoms with Crippen LogP contribution in [0.4, 0.5) is 0 Å². The molecule has 1 N–H and O–H groups in total. The zero-order chi connectivity index (χ0) is 7.84. The molecule has 11 heavy (non-hydrogen) atoms. The molecule has 0 aliphatic carbocycles. The number of rotatable bonds is 1. The molecule has 3 nitrogen and oxygen atoms in total. The first kappa shape index (κ1) is 7.18. The fourth-order valence-electron chi connectivity index (χ4n) is 1.25. The summed E-state index contributed by atoms with van der Waals surface area (Å²) in [4.78, 5) is 12.7. The van der Waals surface area contributed by atoms with Crippen molar-refractivity contribution in [3.63, 3.8) is 0 Å². The summed E-state index contributed by atoms with van der Waals surface area (Å²) in [5.74, 6) is 0.210. The summed E-state index contributed by atoms with van der Waals surface area (Å²) in [7, 11) is 0. The first-order valence-corrected chi connectivity index (χ1v) is 4.49. The van der Waals surface area contributed by atoms with E-state index in [1.807, 2.05) is 5.41 Å². The van der Waals surface area contributed by atoms with Crippen LogP contribution < -0.4 is 0 Å². The fourth-order valence-corrected chi connectivity index (χ4v) is 2.33. The maximum Gasteiger partial charge on any atom is 0.226 e. The maximum atomic E-state index is 10.9. The minimum Gasteiger partial charge on any atom is -0.392 e. The Morgan fingerprint density at radius 3 is 3.27 bits per heavy atom. The molecular weight excluding hydrogens is 162 g/mol. The van der Waals surface area contributed by atoms with Crippen LogP contribution >= 0.6 is 11.8 Å². The van der Waals surface area contributed by atoms with Crippen molar-refractivity contribution in [3.8, 4) is 0 Å². The van der Waals surface area contributed by atoms with E-state index in [1.165, 1.54) is 0 Å². The van der Waals surface area contributed by atoms with Crippen molar-refractivity contribution in [3.05, 3.63) is 11.0 Å². The third-order valence-corrected chi connectivity index (χ3v) is 3.19. The van der Waals surface area contributed by atoms with Crippen molar-refractivity contribution in [1.29, 1.82) is 0 Å². The highest BCUT2D eigenvalue weighted by Gasteiger charge is 2.38. The fraction of sp³-hybridized carbons (Fsp3) is 0.571. The summed E-state index contributed by atoms with van der Waals surface area (Å²) in [6.07, 6.45) is 0.667. The van der Waals surface area contributed by atoms with E-state index in [1.54, 1.807) is 16.7 Å². The summed E-state index contributed by atoms with van der Waals surface area (Å²) in [5, 5.41) is 11.1. The molecule has 0 spiro atoms. The largest absolute Gasteiger partial charge is 0.392 e. The van der Waals surface area contributed by atoms with E-state index in [0.29, 0.717) is 18.3 Å². The Morgan fingerprint density at radius 2 is 2.64 bits per heavy atom. The second kappa shape index (κ2) is 2.53. The molecule has 0 unspecified atom stereocenters. The lowest BCUT2D eigenvalue weighted by Gasteiger charge is -2.42. The third kappa shape index (κ3) is 1.06. The smallest absolute Gasteiger partial charge is 0.226 e. The Morgan fingerprint density at radius 1 is 1.82 bits per heavy atom. The van der Waals surface area contributed by atoms with Crippen molar-refractivity contribution in [2.45, 2.75) is 11.8 Å². The highest BCUT2D eigenvalue weighted by Crippen LogP contribution is 2.35. The standard InChI is InChI=1S/C7H9NO2S/c9-3-5-2-8-6(10)1-7(8)11-4-5/h4,7,9H,1-3H2/t7-/m0/s1. The van der Waals surface area contributed by atoms with Crippen molar-refractivity contribution in [2.24, 2.45) is 0 Å². The average Bonchev–Trinajstić information content (AvgIpc) is 2.03. The summed E-state index contributed by atoms with van der Waals surface area (Å²) >= 11 is 1.63. The van der Waals surface area contributed by atoms with Crippen molar-refractivity contribution >= 4 is 17.7 Å². The Kier molecular flexibility index (Phi) is 1.65. The molecule has 0 saturated carbocycles. The predicted octanol–water partition coefficient (Wildman–Crippen LogP) is 0.168. The van der Waals surface area contributed by atoms with E-state index in [9.17, 15) is 4.79 Å². The first-order chi connectivity index (χ1) is 5.31. The lowest BCUT2D eigenvalue weighted by Crippen LogP contribution is -2.52. The Hall–Kier alpha value is -0.480. The van der Waals surface area contributed by atoms with Gasteiger partial charge in [0.2, 0.25) is 5.91 Å². The number of hydrogen-bond donors (Lipinski definition) is 1. The monoisotopic (exact) mass is 171 g/mol. The number of β-lactam (4-membered cyclic amide) rings is 1. The highest BCUT2D eigenvalue weighted by molar-refractivity contribution is 8.02. The van der Waals surface area contributed by atoms with Gasteiger partial charge in [0.15, 0.2) is 0 Å². The molecular formula is C7H9NO2S. The molecule has 2 aliphatic heterocycles. The molecule has 1 saturated heterocycles. The normalized spacial score (nSPS) is 29.2. The molecule has 0 aromatic rings. The van der Waals surface area contributed by atoms with E-state index in [0.717, 1.165) is 5.57 Å². The second-order valence-corrected chi connectivity index (χ2v) is 3.80. The third-order valence-electron chi connectivity index (χ3n) is 1.99. The van der Waals surface area contributed by atoms with Crippen LogP contribution in [0.2, 0.25) is 0 Å². The topological polar surface area (TPSA) is 40.5 Å². The summed E-state index contributed by atoms with van der Waals surface area (Å²) in [6.45, 7) is 0.705. The van der Waals surface area contributed by atoms with Gasteiger partial charge < -0.3 is 10.0 Å². The minimum atomic E-state index is 0.0729. The van der Waals surface area contributed by atoms with Gasteiger partial charge in [0.05, 0.1) is 18.4 Å². The SMILES string of the molecule is O=C1C[C@@H]2SC=C(CO)CN12. The Bertz CT molecular complexity index is 226. The molecule has 4 heteroatoms. The van der Waals surface area contributed by atoms with Gasteiger partial charge in [-0.05, 0) is 11.0 Å². The number of amides is 1. The number of aliphatic hydroxyl groups is 1. The lowest BCUT2D eigenvalue weighted by molar-refractivity contribution is -0.140. The summed E-state index contributed by atoms with van der Waals surface area (Å²) < 4.78 is 0. The van der Waals surface area contributed by atoms with Crippen LogP contribution in [0.5, 0.6) is 0 Å². The minimum absolute atomic E-state index is 0.0729.